The zero-order valence-corrected chi connectivity index (χ0v) is 11.5. The van der Waals surface area contributed by atoms with Gasteiger partial charge in [0.05, 0.1) is 5.69 Å². The van der Waals surface area contributed by atoms with Crippen molar-refractivity contribution in [2.75, 3.05) is 24.5 Å². The highest BCUT2D eigenvalue weighted by Gasteiger charge is 2.35. The van der Waals surface area contributed by atoms with Gasteiger partial charge in [-0.25, -0.2) is 4.98 Å². The molecule has 106 valence electrons. The Morgan fingerprint density at radius 3 is 3.15 bits per heavy atom. The zero-order valence-electron chi connectivity index (χ0n) is 11.5. The third-order valence-corrected chi connectivity index (χ3v) is 4.32. The smallest absolute Gasteiger partial charge is 0.245 e. The summed E-state index contributed by atoms with van der Waals surface area (Å²) in [5, 5.41) is 10.9. The number of rotatable bonds is 2. The Morgan fingerprint density at radius 1 is 1.40 bits per heavy atom. The van der Waals surface area contributed by atoms with Gasteiger partial charge in [-0.3, -0.25) is 5.10 Å². The molecule has 0 aliphatic carbocycles. The van der Waals surface area contributed by atoms with Gasteiger partial charge in [0.15, 0.2) is 18.0 Å². The Balaban J connectivity index is 1.55. The Bertz CT molecular complexity index is 592. The van der Waals surface area contributed by atoms with Gasteiger partial charge >= 0.3 is 0 Å². The first-order valence-corrected chi connectivity index (χ1v) is 7.12. The molecule has 2 fully saturated rings. The molecule has 20 heavy (non-hydrogen) atoms. The van der Waals surface area contributed by atoms with Crippen molar-refractivity contribution < 1.29 is 4.42 Å². The van der Waals surface area contributed by atoms with Crippen LogP contribution in [0.15, 0.2) is 10.8 Å². The molecule has 2 unspecified atom stereocenters. The van der Waals surface area contributed by atoms with Crippen molar-refractivity contribution in [1.29, 1.82) is 0 Å². The van der Waals surface area contributed by atoms with Crippen LogP contribution in [0.2, 0.25) is 0 Å². The molecule has 0 aromatic carbocycles. The van der Waals surface area contributed by atoms with Crippen LogP contribution >= 0.6 is 0 Å². The molecule has 4 heterocycles. The van der Waals surface area contributed by atoms with Crippen molar-refractivity contribution >= 4 is 5.95 Å². The van der Waals surface area contributed by atoms with Crippen molar-refractivity contribution in [1.82, 2.24) is 25.5 Å². The molecule has 2 saturated heterocycles. The van der Waals surface area contributed by atoms with Gasteiger partial charge in [-0.05, 0) is 32.2 Å². The summed E-state index contributed by atoms with van der Waals surface area (Å²) >= 11 is 0. The summed E-state index contributed by atoms with van der Waals surface area (Å²) in [6.45, 7) is 5.04. The van der Waals surface area contributed by atoms with Crippen molar-refractivity contribution in [3.8, 4) is 11.6 Å². The average molecular weight is 274 g/mol. The van der Waals surface area contributed by atoms with Crippen LogP contribution in [-0.4, -0.2) is 45.8 Å². The average Bonchev–Trinajstić information content (AvgIpc) is 3.15. The SMILES string of the molecule is Cc1ncoc1-c1nc(N2CC3CCCNC3C2)n[nH]1. The van der Waals surface area contributed by atoms with E-state index in [1.54, 1.807) is 0 Å². The van der Waals surface area contributed by atoms with Gasteiger partial charge in [-0.1, -0.05) is 0 Å². The predicted octanol–water partition coefficient (Wildman–Crippen LogP) is 0.956. The molecule has 2 aromatic rings. The predicted molar refractivity (Wildman–Crippen MR) is 73.3 cm³/mol. The van der Waals surface area contributed by atoms with E-state index in [1.807, 2.05) is 6.92 Å². The zero-order chi connectivity index (χ0) is 13.5. The van der Waals surface area contributed by atoms with E-state index in [1.165, 1.54) is 19.2 Å². The maximum atomic E-state index is 5.35. The number of hydrogen-bond donors (Lipinski definition) is 2. The van der Waals surface area contributed by atoms with Gasteiger partial charge in [-0.15, -0.1) is 5.10 Å². The molecule has 2 atom stereocenters. The van der Waals surface area contributed by atoms with Crippen LogP contribution in [0, 0.1) is 12.8 Å². The van der Waals surface area contributed by atoms with Gasteiger partial charge in [0.25, 0.3) is 0 Å². The highest BCUT2D eigenvalue weighted by Crippen LogP contribution is 2.28. The first-order valence-electron chi connectivity index (χ1n) is 7.12. The lowest BCUT2D eigenvalue weighted by Crippen LogP contribution is -2.40. The molecule has 0 amide bonds. The molecule has 2 aliphatic heterocycles. The second-order valence-corrected chi connectivity index (χ2v) is 5.62. The highest BCUT2D eigenvalue weighted by atomic mass is 16.3. The number of piperidine rings is 1. The summed E-state index contributed by atoms with van der Waals surface area (Å²) in [5.74, 6) is 2.79. The van der Waals surface area contributed by atoms with Crippen molar-refractivity contribution in [3.63, 3.8) is 0 Å². The minimum atomic E-state index is 0.581. The Morgan fingerprint density at radius 2 is 2.35 bits per heavy atom. The number of fused-ring (bicyclic) bond motifs is 1. The third-order valence-electron chi connectivity index (χ3n) is 4.32. The molecule has 2 N–H and O–H groups in total. The number of oxazole rings is 1. The van der Waals surface area contributed by atoms with E-state index in [2.05, 4.69) is 30.4 Å². The lowest BCUT2D eigenvalue weighted by molar-refractivity contribution is 0.340. The van der Waals surface area contributed by atoms with E-state index in [0.29, 0.717) is 17.6 Å². The number of nitrogens with zero attached hydrogens (tertiary/aromatic N) is 4. The van der Waals surface area contributed by atoms with E-state index in [9.17, 15) is 0 Å². The normalized spacial score (nSPS) is 25.9. The molecule has 4 rings (SSSR count). The number of aryl methyl sites for hydroxylation is 1. The van der Waals surface area contributed by atoms with Crippen LogP contribution in [0.3, 0.4) is 0 Å². The monoisotopic (exact) mass is 274 g/mol. The van der Waals surface area contributed by atoms with Crippen molar-refractivity contribution in [2.45, 2.75) is 25.8 Å². The Kier molecular flexibility index (Phi) is 2.73. The number of aromatic amines is 1. The van der Waals surface area contributed by atoms with Gasteiger partial charge < -0.3 is 14.6 Å². The minimum absolute atomic E-state index is 0.581. The highest BCUT2D eigenvalue weighted by molar-refractivity contribution is 5.51. The lowest BCUT2D eigenvalue weighted by atomic mass is 9.94. The number of anilines is 1. The molecule has 0 radical (unpaired) electrons. The number of H-pyrrole nitrogens is 1. The molecule has 7 heteroatoms. The van der Waals surface area contributed by atoms with Crippen LogP contribution in [0.4, 0.5) is 5.95 Å². The van der Waals surface area contributed by atoms with Crippen LogP contribution in [0.5, 0.6) is 0 Å². The number of hydrogen-bond acceptors (Lipinski definition) is 6. The van der Waals surface area contributed by atoms with Crippen molar-refractivity contribution in [2.24, 2.45) is 5.92 Å². The van der Waals surface area contributed by atoms with Crippen LogP contribution in [0.25, 0.3) is 11.6 Å². The molecule has 0 bridgehead atoms. The van der Waals surface area contributed by atoms with Crippen LogP contribution in [-0.2, 0) is 0 Å². The topological polar surface area (TPSA) is 82.9 Å². The molecular formula is C13H18N6O. The van der Waals surface area contributed by atoms with Gasteiger partial charge in [-0.2, -0.15) is 4.98 Å². The fourth-order valence-corrected chi connectivity index (χ4v) is 3.24. The van der Waals surface area contributed by atoms with E-state index in [4.69, 9.17) is 4.42 Å². The molecule has 7 nitrogen and oxygen atoms in total. The molecule has 2 aromatic heterocycles. The molecule has 0 spiro atoms. The van der Waals surface area contributed by atoms with Gasteiger partial charge in [0.1, 0.15) is 0 Å². The van der Waals surface area contributed by atoms with E-state index >= 15 is 0 Å². The molecular weight excluding hydrogens is 256 g/mol. The Labute approximate surface area is 116 Å². The second-order valence-electron chi connectivity index (χ2n) is 5.62. The minimum Gasteiger partial charge on any atom is -0.440 e. The fourth-order valence-electron chi connectivity index (χ4n) is 3.24. The second kappa shape index (κ2) is 4.59. The fraction of sp³-hybridized carbons (Fsp3) is 0.615. The largest absolute Gasteiger partial charge is 0.440 e. The first-order chi connectivity index (χ1) is 9.81. The number of nitrogens with one attached hydrogen (secondary N) is 2. The van der Waals surface area contributed by atoms with E-state index in [-0.39, 0.29) is 0 Å². The van der Waals surface area contributed by atoms with Crippen LogP contribution < -0.4 is 10.2 Å². The van der Waals surface area contributed by atoms with Gasteiger partial charge in [0.2, 0.25) is 5.95 Å². The van der Waals surface area contributed by atoms with Crippen molar-refractivity contribution in [3.05, 3.63) is 12.1 Å². The van der Waals surface area contributed by atoms with E-state index < -0.39 is 0 Å². The molecule has 2 aliphatic rings. The summed E-state index contributed by atoms with van der Waals surface area (Å²) in [4.78, 5) is 10.9. The van der Waals surface area contributed by atoms with E-state index in [0.717, 1.165) is 37.2 Å². The summed E-state index contributed by atoms with van der Waals surface area (Å²) in [6, 6.07) is 0.581. The summed E-state index contributed by atoms with van der Waals surface area (Å²) in [6.07, 6.45) is 4.00. The summed E-state index contributed by atoms with van der Waals surface area (Å²) < 4.78 is 5.35. The maximum absolute atomic E-state index is 5.35. The standard InChI is InChI=1S/C13H18N6O/c1-8-11(20-7-15-8)12-16-13(18-17-12)19-5-9-3-2-4-14-10(9)6-19/h7,9-10,14H,2-6H2,1H3,(H,16,17,18). The maximum Gasteiger partial charge on any atom is 0.245 e. The first kappa shape index (κ1) is 11.9. The van der Waals surface area contributed by atoms with Gasteiger partial charge in [0, 0.05) is 19.1 Å². The lowest BCUT2D eigenvalue weighted by Gasteiger charge is -2.24. The quantitative estimate of drug-likeness (QED) is 0.848. The third kappa shape index (κ3) is 1.89. The Hall–Kier alpha value is -1.89. The summed E-state index contributed by atoms with van der Waals surface area (Å²) in [5.41, 5.74) is 0.824. The summed E-state index contributed by atoms with van der Waals surface area (Å²) in [7, 11) is 0. The number of aromatic nitrogens is 4. The van der Waals surface area contributed by atoms with Crippen LogP contribution in [0.1, 0.15) is 18.5 Å². The molecule has 0 saturated carbocycles.